The zero-order valence-electron chi connectivity index (χ0n) is 12.5. The number of para-hydroxylation sites is 1. The molecular weight excluding hydrogens is 272 g/mol. The number of aryl methyl sites for hydroxylation is 1. The van der Waals surface area contributed by atoms with E-state index in [1.54, 1.807) is 0 Å². The number of anilines is 1. The summed E-state index contributed by atoms with van der Waals surface area (Å²) in [5.74, 6) is 1.48. The van der Waals surface area contributed by atoms with Gasteiger partial charge in [-0.05, 0) is 50.1 Å². The van der Waals surface area contributed by atoms with Gasteiger partial charge in [0.15, 0.2) is 0 Å². The first-order valence-corrected chi connectivity index (χ1v) is 7.69. The second kappa shape index (κ2) is 5.34. The van der Waals surface area contributed by atoms with Gasteiger partial charge in [-0.15, -0.1) is 0 Å². The Bertz CT molecular complexity index is 810. The van der Waals surface area contributed by atoms with Crippen molar-refractivity contribution in [3.8, 4) is 11.6 Å². The molecule has 1 aliphatic carbocycles. The molecular formula is C19H18N2O. The fourth-order valence-electron chi connectivity index (χ4n) is 2.62. The third kappa shape index (κ3) is 2.62. The molecule has 0 saturated heterocycles. The monoisotopic (exact) mass is 290 g/mol. The summed E-state index contributed by atoms with van der Waals surface area (Å²) in [6, 6.07) is 18.8. The average molecular weight is 290 g/mol. The fraction of sp³-hybridized carbons (Fsp3) is 0.211. The average Bonchev–Trinajstić information content (AvgIpc) is 3.33. The molecule has 3 heteroatoms. The molecule has 3 aromatic rings. The lowest BCUT2D eigenvalue weighted by molar-refractivity contribution is 0.468. The number of fused-ring (bicyclic) bond motifs is 1. The van der Waals surface area contributed by atoms with Crippen molar-refractivity contribution < 1.29 is 4.74 Å². The van der Waals surface area contributed by atoms with Gasteiger partial charge >= 0.3 is 0 Å². The van der Waals surface area contributed by atoms with E-state index < -0.39 is 0 Å². The van der Waals surface area contributed by atoms with Crippen LogP contribution in [0.2, 0.25) is 0 Å². The third-order valence-electron chi connectivity index (χ3n) is 3.86. The Labute approximate surface area is 130 Å². The second-order valence-corrected chi connectivity index (χ2v) is 5.80. The number of nitrogens with zero attached hydrogens (tertiary/aromatic N) is 1. The van der Waals surface area contributed by atoms with Crippen molar-refractivity contribution in [3.05, 3.63) is 60.3 Å². The van der Waals surface area contributed by atoms with E-state index in [0.29, 0.717) is 11.9 Å². The van der Waals surface area contributed by atoms with E-state index in [4.69, 9.17) is 4.74 Å². The summed E-state index contributed by atoms with van der Waals surface area (Å²) in [7, 11) is 0. The van der Waals surface area contributed by atoms with Crippen LogP contribution in [-0.2, 0) is 0 Å². The molecule has 3 nitrogen and oxygen atoms in total. The normalized spacial score (nSPS) is 14.0. The molecule has 1 saturated carbocycles. The number of pyridine rings is 1. The van der Waals surface area contributed by atoms with Crippen LogP contribution in [0.25, 0.3) is 10.8 Å². The van der Waals surface area contributed by atoms with E-state index in [1.165, 1.54) is 23.9 Å². The summed E-state index contributed by atoms with van der Waals surface area (Å²) in [5.41, 5.74) is 2.13. The molecule has 2 aromatic carbocycles. The Morgan fingerprint density at radius 3 is 2.59 bits per heavy atom. The number of hydrogen-bond donors (Lipinski definition) is 1. The first kappa shape index (κ1) is 13.1. The van der Waals surface area contributed by atoms with Crippen LogP contribution < -0.4 is 10.1 Å². The molecule has 1 aromatic heterocycles. The summed E-state index contributed by atoms with van der Waals surface area (Å²) in [6.45, 7) is 2.01. The van der Waals surface area contributed by atoms with Crippen molar-refractivity contribution in [2.75, 3.05) is 5.32 Å². The first-order chi connectivity index (χ1) is 10.8. The van der Waals surface area contributed by atoms with E-state index in [2.05, 4.69) is 34.6 Å². The lowest BCUT2D eigenvalue weighted by Gasteiger charge is -2.13. The first-order valence-electron chi connectivity index (χ1n) is 7.69. The summed E-state index contributed by atoms with van der Waals surface area (Å²) in [4.78, 5) is 4.58. The summed E-state index contributed by atoms with van der Waals surface area (Å²) < 4.78 is 6.01. The van der Waals surface area contributed by atoms with Gasteiger partial charge in [0.25, 0.3) is 0 Å². The van der Waals surface area contributed by atoms with E-state index in [9.17, 15) is 0 Å². The minimum absolute atomic E-state index is 0.623. The van der Waals surface area contributed by atoms with Gasteiger partial charge in [-0.25, -0.2) is 4.98 Å². The molecule has 4 rings (SSSR count). The van der Waals surface area contributed by atoms with Crippen LogP contribution in [0.15, 0.2) is 54.6 Å². The van der Waals surface area contributed by atoms with Crippen LogP contribution in [0, 0.1) is 6.92 Å². The quantitative estimate of drug-likeness (QED) is 0.741. The van der Waals surface area contributed by atoms with E-state index in [0.717, 1.165) is 16.8 Å². The number of benzene rings is 2. The summed E-state index contributed by atoms with van der Waals surface area (Å²) >= 11 is 0. The molecule has 1 heterocycles. The number of nitrogens with one attached hydrogen (secondary N) is 1. The van der Waals surface area contributed by atoms with Crippen molar-refractivity contribution in [2.24, 2.45) is 0 Å². The molecule has 0 bridgehead atoms. The third-order valence-corrected chi connectivity index (χ3v) is 3.86. The predicted molar refractivity (Wildman–Crippen MR) is 89.6 cm³/mol. The Balaban J connectivity index is 1.80. The number of hydrogen-bond acceptors (Lipinski definition) is 3. The molecule has 1 fully saturated rings. The Morgan fingerprint density at radius 2 is 1.82 bits per heavy atom. The molecule has 110 valence electrons. The summed E-state index contributed by atoms with van der Waals surface area (Å²) in [5, 5.41) is 5.81. The highest BCUT2D eigenvalue weighted by molar-refractivity contribution is 5.97. The van der Waals surface area contributed by atoms with Gasteiger partial charge in [-0.2, -0.15) is 0 Å². The van der Waals surface area contributed by atoms with Crippen LogP contribution in [-0.4, -0.2) is 11.0 Å². The second-order valence-electron chi connectivity index (χ2n) is 5.80. The van der Waals surface area contributed by atoms with Crippen molar-refractivity contribution in [3.63, 3.8) is 0 Å². The van der Waals surface area contributed by atoms with Crippen LogP contribution >= 0.6 is 0 Å². The van der Waals surface area contributed by atoms with Gasteiger partial charge in [0.2, 0.25) is 5.88 Å². The predicted octanol–water partition coefficient (Wildman–Crippen LogP) is 4.91. The maximum atomic E-state index is 6.01. The highest BCUT2D eigenvalue weighted by atomic mass is 16.5. The van der Waals surface area contributed by atoms with Crippen LogP contribution in [0.4, 0.5) is 5.69 Å². The molecule has 1 aliphatic rings. The van der Waals surface area contributed by atoms with Gasteiger partial charge in [0.1, 0.15) is 5.75 Å². The molecule has 0 spiro atoms. The summed E-state index contributed by atoms with van der Waals surface area (Å²) in [6.07, 6.45) is 2.52. The molecule has 0 unspecified atom stereocenters. The van der Waals surface area contributed by atoms with Crippen molar-refractivity contribution in [1.29, 1.82) is 0 Å². The van der Waals surface area contributed by atoms with Crippen molar-refractivity contribution in [1.82, 2.24) is 4.98 Å². The maximum absolute atomic E-state index is 6.01. The van der Waals surface area contributed by atoms with Crippen LogP contribution in [0.3, 0.4) is 0 Å². The van der Waals surface area contributed by atoms with E-state index >= 15 is 0 Å². The molecule has 0 amide bonds. The van der Waals surface area contributed by atoms with Gasteiger partial charge in [0.05, 0.1) is 0 Å². The highest BCUT2D eigenvalue weighted by Crippen LogP contribution is 2.35. The number of rotatable bonds is 4. The molecule has 22 heavy (non-hydrogen) atoms. The van der Waals surface area contributed by atoms with Crippen LogP contribution in [0.1, 0.15) is 18.5 Å². The van der Waals surface area contributed by atoms with Crippen LogP contribution in [0.5, 0.6) is 11.6 Å². The lowest BCUT2D eigenvalue weighted by atomic mass is 10.1. The largest absolute Gasteiger partial charge is 0.438 e. The standard InChI is InChI=1S/C19H18N2O/c1-13-12-17-16(8-5-9-18(17)21-14-10-11-14)19(20-13)22-15-6-3-2-4-7-15/h2-9,12,14,21H,10-11H2,1H3. The zero-order chi connectivity index (χ0) is 14.9. The minimum Gasteiger partial charge on any atom is -0.438 e. The van der Waals surface area contributed by atoms with E-state index in [-0.39, 0.29) is 0 Å². The molecule has 0 aliphatic heterocycles. The molecule has 1 N–H and O–H groups in total. The van der Waals surface area contributed by atoms with Crippen molar-refractivity contribution >= 4 is 16.5 Å². The smallest absolute Gasteiger partial charge is 0.227 e. The molecule has 0 atom stereocenters. The Hall–Kier alpha value is -2.55. The fourth-order valence-corrected chi connectivity index (χ4v) is 2.62. The minimum atomic E-state index is 0.623. The van der Waals surface area contributed by atoms with Gasteiger partial charge in [-0.3, -0.25) is 0 Å². The topological polar surface area (TPSA) is 34.1 Å². The molecule has 0 radical (unpaired) electrons. The van der Waals surface area contributed by atoms with Gasteiger partial charge in [-0.1, -0.05) is 24.3 Å². The van der Waals surface area contributed by atoms with Gasteiger partial charge in [0, 0.05) is 28.2 Å². The van der Waals surface area contributed by atoms with Gasteiger partial charge < -0.3 is 10.1 Å². The van der Waals surface area contributed by atoms with Crippen molar-refractivity contribution in [2.45, 2.75) is 25.8 Å². The highest BCUT2D eigenvalue weighted by Gasteiger charge is 2.22. The zero-order valence-corrected chi connectivity index (χ0v) is 12.5. The maximum Gasteiger partial charge on any atom is 0.227 e. The SMILES string of the molecule is Cc1cc2c(NC3CC3)cccc2c(Oc2ccccc2)n1. The Kier molecular flexibility index (Phi) is 3.19. The Morgan fingerprint density at radius 1 is 1.00 bits per heavy atom. The number of aromatic nitrogens is 1. The number of ether oxygens (including phenoxy) is 1. The van der Waals surface area contributed by atoms with E-state index in [1.807, 2.05) is 37.3 Å². The lowest BCUT2D eigenvalue weighted by Crippen LogP contribution is -2.02.